The lowest BCUT2D eigenvalue weighted by atomic mass is 9.86. The third-order valence-corrected chi connectivity index (χ3v) is 5.17. The molecule has 2 heterocycles. The predicted octanol–water partition coefficient (Wildman–Crippen LogP) is 2.60. The van der Waals surface area contributed by atoms with Crippen LogP contribution in [-0.4, -0.2) is 37.1 Å². The van der Waals surface area contributed by atoms with E-state index in [1.54, 1.807) is 0 Å². The quantitative estimate of drug-likeness (QED) is 0.755. The molecular formula is C15H25NO2. The molecule has 3 rings (SSSR count). The monoisotopic (exact) mass is 251 g/mol. The number of carbonyl (C=O) groups excluding carboxylic acids is 1. The third-order valence-electron chi connectivity index (χ3n) is 5.17. The minimum Gasteiger partial charge on any atom is -0.381 e. The normalized spacial score (nSPS) is 31.1. The summed E-state index contributed by atoms with van der Waals surface area (Å²) in [5.41, 5.74) is 0.513. The van der Waals surface area contributed by atoms with Crippen molar-refractivity contribution in [2.24, 2.45) is 11.3 Å². The summed E-state index contributed by atoms with van der Waals surface area (Å²) in [5, 5.41) is 0. The maximum Gasteiger partial charge on any atom is 0.222 e. The first-order valence-electron chi connectivity index (χ1n) is 7.63. The third kappa shape index (κ3) is 2.56. The first-order chi connectivity index (χ1) is 8.77. The summed E-state index contributed by atoms with van der Waals surface area (Å²) in [6.45, 7) is 3.73. The molecular weight excluding hydrogens is 226 g/mol. The van der Waals surface area contributed by atoms with Gasteiger partial charge in [0.15, 0.2) is 0 Å². The van der Waals surface area contributed by atoms with E-state index >= 15 is 0 Å². The van der Waals surface area contributed by atoms with Crippen LogP contribution in [0.4, 0.5) is 0 Å². The Balaban J connectivity index is 1.50. The van der Waals surface area contributed by atoms with Crippen molar-refractivity contribution in [1.29, 1.82) is 0 Å². The standard InChI is InChI=1S/C15H25NO2/c17-14(10-13-4-3-9-18-11-13)16-8-7-15(12-16)5-1-2-6-15/h13H,1-12H2/t13-/m0/s1. The summed E-state index contributed by atoms with van der Waals surface area (Å²) < 4.78 is 5.47. The Bertz CT molecular complexity index is 304. The molecule has 1 aliphatic carbocycles. The van der Waals surface area contributed by atoms with Crippen LogP contribution in [-0.2, 0) is 9.53 Å². The highest BCUT2D eigenvalue weighted by Gasteiger charge is 2.41. The second kappa shape index (κ2) is 5.20. The Morgan fingerprint density at radius 3 is 2.78 bits per heavy atom. The van der Waals surface area contributed by atoms with E-state index in [-0.39, 0.29) is 0 Å². The highest BCUT2D eigenvalue weighted by Crippen LogP contribution is 2.45. The Morgan fingerprint density at radius 2 is 2.06 bits per heavy atom. The van der Waals surface area contributed by atoms with Crippen LogP contribution in [0.2, 0.25) is 0 Å². The van der Waals surface area contributed by atoms with Gasteiger partial charge in [-0.3, -0.25) is 4.79 Å². The smallest absolute Gasteiger partial charge is 0.222 e. The van der Waals surface area contributed by atoms with Crippen LogP contribution in [0.3, 0.4) is 0 Å². The Morgan fingerprint density at radius 1 is 1.22 bits per heavy atom. The van der Waals surface area contributed by atoms with E-state index in [0.717, 1.165) is 39.1 Å². The molecule has 3 fully saturated rings. The van der Waals surface area contributed by atoms with Crippen molar-refractivity contribution in [3.8, 4) is 0 Å². The summed E-state index contributed by atoms with van der Waals surface area (Å²) in [6, 6.07) is 0. The van der Waals surface area contributed by atoms with E-state index in [4.69, 9.17) is 4.74 Å². The van der Waals surface area contributed by atoms with Crippen LogP contribution in [0.1, 0.15) is 51.4 Å². The fraction of sp³-hybridized carbons (Fsp3) is 0.933. The van der Waals surface area contributed by atoms with E-state index in [1.165, 1.54) is 38.5 Å². The summed E-state index contributed by atoms with van der Waals surface area (Å²) in [5.74, 6) is 0.862. The SMILES string of the molecule is O=C(C[C@@H]1CCCOC1)N1CCC2(CCCC2)C1. The molecule has 1 amide bonds. The number of nitrogens with zero attached hydrogens (tertiary/aromatic N) is 1. The number of amides is 1. The van der Waals surface area contributed by atoms with Gasteiger partial charge in [0.05, 0.1) is 0 Å². The lowest BCUT2D eigenvalue weighted by molar-refractivity contribution is -0.132. The van der Waals surface area contributed by atoms with Crippen molar-refractivity contribution in [2.75, 3.05) is 26.3 Å². The topological polar surface area (TPSA) is 29.5 Å². The van der Waals surface area contributed by atoms with Crippen molar-refractivity contribution < 1.29 is 9.53 Å². The second-order valence-corrected chi connectivity index (χ2v) is 6.56. The van der Waals surface area contributed by atoms with Gasteiger partial charge in [0, 0.05) is 32.7 Å². The van der Waals surface area contributed by atoms with Crippen LogP contribution in [0.5, 0.6) is 0 Å². The van der Waals surface area contributed by atoms with E-state index < -0.39 is 0 Å². The van der Waals surface area contributed by atoms with Crippen LogP contribution in [0.25, 0.3) is 0 Å². The largest absolute Gasteiger partial charge is 0.381 e. The lowest BCUT2D eigenvalue weighted by Gasteiger charge is -2.26. The highest BCUT2D eigenvalue weighted by atomic mass is 16.5. The van der Waals surface area contributed by atoms with Gasteiger partial charge in [-0.15, -0.1) is 0 Å². The van der Waals surface area contributed by atoms with Crippen LogP contribution >= 0.6 is 0 Å². The summed E-state index contributed by atoms with van der Waals surface area (Å²) in [4.78, 5) is 14.5. The molecule has 1 atom stereocenters. The van der Waals surface area contributed by atoms with Crippen molar-refractivity contribution >= 4 is 5.91 Å². The summed E-state index contributed by atoms with van der Waals surface area (Å²) in [6.07, 6.45) is 9.71. The van der Waals surface area contributed by atoms with Crippen LogP contribution < -0.4 is 0 Å². The van der Waals surface area contributed by atoms with Gasteiger partial charge < -0.3 is 9.64 Å². The van der Waals surface area contributed by atoms with Gasteiger partial charge in [0.1, 0.15) is 0 Å². The van der Waals surface area contributed by atoms with Crippen LogP contribution in [0, 0.1) is 11.3 Å². The maximum absolute atomic E-state index is 12.3. The van der Waals surface area contributed by atoms with Crippen LogP contribution in [0.15, 0.2) is 0 Å². The van der Waals surface area contributed by atoms with Crippen molar-refractivity contribution in [3.63, 3.8) is 0 Å². The molecule has 0 aromatic carbocycles. The molecule has 18 heavy (non-hydrogen) atoms. The van der Waals surface area contributed by atoms with E-state index in [2.05, 4.69) is 4.90 Å². The van der Waals surface area contributed by atoms with E-state index in [9.17, 15) is 4.79 Å². The zero-order valence-corrected chi connectivity index (χ0v) is 11.3. The predicted molar refractivity (Wildman–Crippen MR) is 70.3 cm³/mol. The Kier molecular flexibility index (Phi) is 3.60. The van der Waals surface area contributed by atoms with E-state index in [1.807, 2.05) is 0 Å². The minimum atomic E-state index is 0.384. The molecule has 1 spiro atoms. The molecule has 3 nitrogen and oxygen atoms in total. The number of hydrogen-bond acceptors (Lipinski definition) is 2. The molecule has 0 N–H and O–H groups in total. The summed E-state index contributed by atoms with van der Waals surface area (Å²) >= 11 is 0. The molecule has 0 unspecified atom stereocenters. The van der Waals surface area contributed by atoms with Crippen molar-refractivity contribution in [1.82, 2.24) is 4.90 Å². The molecule has 2 saturated heterocycles. The number of carbonyl (C=O) groups is 1. The fourth-order valence-electron chi connectivity index (χ4n) is 4.03. The number of likely N-dealkylation sites (tertiary alicyclic amines) is 1. The van der Waals surface area contributed by atoms with E-state index in [0.29, 0.717) is 17.2 Å². The molecule has 0 bridgehead atoms. The fourth-order valence-corrected chi connectivity index (χ4v) is 4.03. The molecule has 102 valence electrons. The number of ether oxygens (including phenoxy) is 1. The molecule has 0 aromatic heterocycles. The lowest BCUT2D eigenvalue weighted by Crippen LogP contribution is -2.33. The van der Waals surface area contributed by atoms with Gasteiger partial charge in [0.2, 0.25) is 5.91 Å². The zero-order chi connectivity index (χ0) is 12.4. The average molecular weight is 251 g/mol. The van der Waals surface area contributed by atoms with Gasteiger partial charge in [-0.25, -0.2) is 0 Å². The van der Waals surface area contributed by atoms with Crippen molar-refractivity contribution in [3.05, 3.63) is 0 Å². The highest BCUT2D eigenvalue weighted by molar-refractivity contribution is 5.76. The van der Waals surface area contributed by atoms with Gasteiger partial charge in [-0.05, 0) is 43.4 Å². The minimum absolute atomic E-state index is 0.384. The molecule has 1 saturated carbocycles. The zero-order valence-electron chi connectivity index (χ0n) is 11.3. The molecule has 0 radical (unpaired) electrons. The Labute approximate surface area is 110 Å². The second-order valence-electron chi connectivity index (χ2n) is 6.56. The average Bonchev–Trinajstić information content (AvgIpc) is 3.02. The first-order valence-corrected chi connectivity index (χ1v) is 7.63. The molecule has 3 aliphatic rings. The van der Waals surface area contributed by atoms with Gasteiger partial charge in [-0.1, -0.05) is 12.8 Å². The van der Waals surface area contributed by atoms with Gasteiger partial charge >= 0.3 is 0 Å². The molecule has 0 aromatic rings. The Hall–Kier alpha value is -0.570. The number of rotatable bonds is 2. The number of hydrogen-bond donors (Lipinski definition) is 0. The van der Waals surface area contributed by atoms with Gasteiger partial charge in [0.25, 0.3) is 0 Å². The first kappa shape index (κ1) is 12.5. The van der Waals surface area contributed by atoms with Crippen molar-refractivity contribution in [2.45, 2.75) is 51.4 Å². The summed E-state index contributed by atoms with van der Waals surface area (Å²) in [7, 11) is 0. The van der Waals surface area contributed by atoms with Gasteiger partial charge in [-0.2, -0.15) is 0 Å². The molecule has 2 aliphatic heterocycles. The maximum atomic E-state index is 12.3. The molecule has 3 heteroatoms.